The molecule has 5 nitrogen and oxygen atoms in total. The highest BCUT2D eigenvalue weighted by Gasteiger charge is 2.31. The van der Waals surface area contributed by atoms with E-state index >= 15 is 0 Å². The van der Waals surface area contributed by atoms with E-state index in [0.29, 0.717) is 18.2 Å². The molecular weight excluding hydrogens is 375 g/mol. The summed E-state index contributed by atoms with van der Waals surface area (Å²) in [4.78, 5) is 14.9. The van der Waals surface area contributed by atoms with E-state index in [9.17, 15) is 4.79 Å². The molecule has 7 heteroatoms. The highest BCUT2D eigenvalue weighted by atomic mass is 35.5. The number of rotatable bonds is 5. The number of amides is 1. The Morgan fingerprint density at radius 3 is 3.04 bits per heavy atom. The Labute approximate surface area is 166 Å². The van der Waals surface area contributed by atoms with E-state index in [1.165, 1.54) is 6.42 Å². The molecule has 0 aromatic heterocycles. The van der Waals surface area contributed by atoms with Crippen molar-refractivity contribution in [3.63, 3.8) is 0 Å². The lowest BCUT2D eigenvalue weighted by Crippen LogP contribution is -2.51. The van der Waals surface area contributed by atoms with Crippen molar-refractivity contribution >= 4 is 29.9 Å². The number of halogens is 2. The van der Waals surface area contributed by atoms with Gasteiger partial charge in [-0.1, -0.05) is 23.7 Å². The van der Waals surface area contributed by atoms with Crippen LogP contribution in [-0.4, -0.2) is 55.9 Å². The van der Waals surface area contributed by atoms with Crippen molar-refractivity contribution in [1.82, 2.24) is 10.2 Å². The second-order valence-electron chi connectivity index (χ2n) is 6.77. The van der Waals surface area contributed by atoms with Gasteiger partial charge in [0.05, 0.1) is 18.8 Å². The lowest BCUT2D eigenvalue weighted by molar-refractivity contribution is -0.149. The average molecular weight is 403 g/mol. The number of carbonyl (C=O) groups is 1. The Morgan fingerprint density at radius 1 is 1.46 bits per heavy atom. The molecule has 0 radical (unpaired) electrons. The molecule has 0 spiro atoms. The molecule has 0 aliphatic carbocycles. The number of ether oxygens (including phenoxy) is 2. The molecule has 146 valence electrons. The van der Waals surface area contributed by atoms with Crippen LogP contribution >= 0.6 is 24.0 Å². The molecule has 0 saturated carbocycles. The van der Waals surface area contributed by atoms with Gasteiger partial charge in [0.2, 0.25) is 0 Å². The zero-order chi connectivity index (χ0) is 17.6. The summed E-state index contributed by atoms with van der Waals surface area (Å²) in [5, 5.41) is 4.05. The van der Waals surface area contributed by atoms with Crippen molar-refractivity contribution in [1.29, 1.82) is 0 Å². The number of nitrogens with one attached hydrogen (secondary N) is 1. The minimum Gasteiger partial charge on any atom is -0.376 e. The second kappa shape index (κ2) is 10.5. The summed E-state index contributed by atoms with van der Waals surface area (Å²) in [6, 6.07) is 7.71. The molecule has 2 saturated heterocycles. The zero-order valence-corrected chi connectivity index (χ0v) is 16.7. The Morgan fingerprint density at radius 2 is 2.31 bits per heavy atom. The first kappa shape index (κ1) is 21.5. The predicted molar refractivity (Wildman–Crippen MR) is 105 cm³/mol. The van der Waals surface area contributed by atoms with Crippen molar-refractivity contribution in [2.75, 3.05) is 32.8 Å². The summed E-state index contributed by atoms with van der Waals surface area (Å²) in [7, 11) is 0. The topological polar surface area (TPSA) is 50.8 Å². The lowest BCUT2D eigenvalue weighted by atomic mass is 10.0. The molecule has 26 heavy (non-hydrogen) atoms. The highest BCUT2D eigenvalue weighted by Crippen LogP contribution is 2.25. The third-order valence-corrected chi connectivity index (χ3v) is 5.15. The van der Waals surface area contributed by atoms with Gasteiger partial charge in [-0.3, -0.25) is 4.79 Å². The number of piperazine rings is 1. The van der Waals surface area contributed by atoms with Gasteiger partial charge in [0, 0.05) is 31.3 Å². The zero-order valence-electron chi connectivity index (χ0n) is 15.2. The molecule has 1 aromatic carbocycles. The van der Waals surface area contributed by atoms with Crippen molar-refractivity contribution in [2.24, 2.45) is 0 Å². The molecule has 2 heterocycles. The van der Waals surface area contributed by atoms with E-state index in [-0.39, 0.29) is 30.5 Å². The Hall–Kier alpha value is -0.850. The normalized spacial score (nSPS) is 24.6. The van der Waals surface area contributed by atoms with Crippen LogP contribution in [0, 0.1) is 0 Å². The van der Waals surface area contributed by atoms with E-state index in [1.54, 1.807) is 0 Å². The molecule has 3 atom stereocenters. The van der Waals surface area contributed by atoms with Crippen molar-refractivity contribution < 1.29 is 14.3 Å². The highest BCUT2D eigenvalue weighted by molar-refractivity contribution is 6.30. The van der Waals surface area contributed by atoms with Crippen LogP contribution < -0.4 is 5.32 Å². The summed E-state index contributed by atoms with van der Waals surface area (Å²) in [6.45, 7) is 5.31. The molecule has 2 aliphatic rings. The predicted octanol–water partition coefficient (Wildman–Crippen LogP) is 3.21. The first-order valence-electron chi connectivity index (χ1n) is 9.15. The average Bonchev–Trinajstić information content (AvgIpc) is 2.66. The van der Waals surface area contributed by atoms with E-state index in [0.717, 1.165) is 38.1 Å². The molecule has 1 amide bonds. The summed E-state index contributed by atoms with van der Waals surface area (Å²) in [6.07, 6.45) is 2.96. The van der Waals surface area contributed by atoms with Crippen molar-refractivity contribution in [2.45, 2.75) is 44.4 Å². The maximum atomic E-state index is 12.9. The third kappa shape index (κ3) is 5.57. The minimum absolute atomic E-state index is 0. The van der Waals surface area contributed by atoms with Crippen LogP contribution in [0.5, 0.6) is 0 Å². The third-order valence-electron chi connectivity index (χ3n) is 4.91. The van der Waals surface area contributed by atoms with Crippen molar-refractivity contribution in [3.8, 4) is 0 Å². The molecule has 3 rings (SSSR count). The van der Waals surface area contributed by atoms with Gasteiger partial charge in [0.25, 0.3) is 5.91 Å². The largest absolute Gasteiger partial charge is 0.376 e. The van der Waals surface area contributed by atoms with Crippen LogP contribution in [0.25, 0.3) is 0 Å². The maximum Gasteiger partial charge on any atom is 0.252 e. The molecule has 3 unspecified atom stereocenters. The summed E-state index contributed by atoms with van der Waals surface area (Å²) >= 11 is 6.13. The molecular formula is C19H28Cl2N2O3. The smallest absolute Gasteiger partial charge is 0.252 e. The van der Waals surface area contributed by atoms with Crippen LogP contribution in [0.1, 0.15) is 37.8 Å². The number of carbonyl (C=O) groups excluding carboxylic acids is 1. The quantitative estimate of drug-likeness (QED) is 0.821. The molecule has 2 aliphatic heterocycles. The minimum atomic E-state index is -0.467. The number of nitrogens with zero attached hydrogens (tertiary/aromatic N) is 1. The fourth-order valence-corrected chi connectivity index (χ4v) is 3.67. The first-order chi connectivity index (χ1) is 12.1. The van der Waals surface area contributed by atoms with Gasteiger partial charge in [-0.15, -0.1) is 12.4 Å². The van der Waals surface area contributed by atoms with Gasteiger partial charge in [-0.05, 0) is 43.9 Å². The van der Waals surface area contributed by atoms with E-state index in [2.05, 4.69) is 5.32 Å². The molecule has 0 bridgehead atoms. The standard InChI is InChI=1S/C19H27ClN2O3.ClH/c1-14(25-13-17-7-2-3-10-24-17)19(23)22-9-8-21-12-18(22)15-5-4-6-16(20)11-15;/h4-6,11,14,17-18,21H,2-3,7-10,12-13H2,1H3;1H. The summed E-state index contributed by atoms with van der Waals surface area (Å²) < 4.78 is 11.5. The van der Waals surface area contributed by atoms with Gasteiger partial charge >= 0.3 is 0 Å². The van der Waals surface area contributed by atoms with E-state index in [4.69, 9.17) is 21.1 Å². The number of hydrogen-bond acceptors (Lipinski definition) is 4. The second-order valence-corrected chi connectivity index (χ2v) is 7.21. The fourth-order valence-electron chi connectivity index (χ4n) is 3.48. The fraction of sp³-hybridized carbons (Fsp3) is 0.632. The van der Waals surface area contributed by atoms with Crippen LogP contribution in [0.15, 0.2) is 24.3 Å². The Bertz CT molecular complexity index is 582. The summed E-state index contributed by atoms with van der Waals surface area (Å²) in [5.74, 6) is 0.0299. The Kier molecular flexibility index (Phi) is 8.64. The Balaban J connectivity index is 0.00000243. The van der Waals surface area contributed by atoms with Crippen LogP contribution in [-0.2, 0) is 14.3 Å². The van der Waals surface area contributed by atoms with Gasteiger partial charge < -0.3 is 19.7 Å². The van der Waals surface area contributed by atoms with Gasteiger partial charge in [-0.2, -0.15) is 0 Å². The molecule has 2 fully saturated rings. The monoisotopic (exact) mass is 402 g/mol. The molecule has 1 N–H and O–H groups in total. The SMILES string of the molecule is CC(OCC1CCCCO1)C(=O)N1CCNCC1c1cccc(Cl)c1.Cl. The van der Waals surface area contributed by atoms with Gasteiger partial charge in [0.15, 0.2) is 0 Å². The van der Waals surface area contributed by atoms with Crippen LogP contribution in [0.2, 0.25) is 5.02 Å². The van der Waals surface area contributed by atoms with E-state index < -0.39 is 6.10 Å². The van der Waals surface area contributed by atoms with Crippen LogP contribution in [0.3, 0.4) is 0 Å². The number of benzene rings is 1. The lowest BCUT2D eigenvalue weighted by Gasteiger charge is -2.38. The summed E-state index contributed by atoms with van der Waals surface area (Å²) in [5.41, 5.74) is 1.05. The van der Waals surface area contributed by atoms with Gasteiger partial charge in [0.1, 0.15) is 6.10 Å². The molecule has 1 aromatic rings. The van der Waals surface area contributed by atoms with Gasteiger partial charge in [-0.25, -0.2) is 0 Å². The van der Waals surface area contributed by atoms with Crippen LogP contribution in [0.4, 0.5) is 0 Å². The van der Waals surface area contributed by atoms with E-state index in [1.807, 2.05) is 36.1 Å². The first-order valence-corrected chi connectivity index (χ1v) is 9.53. The number of hydrogen-bond donors (Lipinski definition) is 1. The van der Waals surface area contributed by atoms with Crippen molar-refractivity contribution in [3.05, 3.63) is 34.9 Å². The maximum absolute atomic E-state index is 12.9.